The lowest BCUT2D eigenvalue weighted by molar-refractivity contribution is 0.217. The first-order chi connectivity index (χ1) is 11.7. The van der Waals surface area contributed by atoms with Crippen LogP contribution >= 0.6 is 24.0 Å². The summed E-state index contributed by atoms with van der Waals surface area (Å²) < 4.78 is 10.6. The van der Waals surface area contributed by atoms with E-state index >= 15 is 0 Å². The number of methoxy groups -OCH3 is 2. The molecule has 142 valence electrons. The van der Waals surface area contributed by atoms with E-state index in [2.05, 4.69) is 15.6 Å². The summed E-state index contributed by atoms with van der Waals surface area (Å²) >= 11 is 0. The molecular weight excluding hydrogens is 433 g/mol. The molecule has 0 heterocycles. The van der Waals surface area contributed by atoms with Crippen LogP contribution in [0.2, 0.25) is 0 Å². The van der Waals surface area contributed by atoms with Crippen molar-refractivity contribution in [3.05, 3.63) is 23.8 Å². The van der Waals surface area contributed by atoms with E-state index in [1.807, 2.05) is 25.1 Å². The van der Waals surface area contributed by atoms with Gasteiger partial charge >= 0.3 is 0 Å². The first-order valence-corrected chi connectivity index (χ1v) is 8.50. The molecule has 1 aliphatic carbocycles. The van der Waals surface area contributed by atoms with Crippen LogP contribution in [0.3, 0.4) is 0 Å². The zero-order valence-corrected chi connectivity index (χ0v) is 17.6. The number of nitrogens with one attached hydrogen (secondary N) is 2. The number of guanidine groups is 1. The van der Waals surface area contributed by atoms with Crippen LogP contribution < -0.4 is 20.1 Å². The molecule has 1 aromatic carbocycles. The fourth-order valence-corrected chi connectivity index (χ4v) is 2.49. The second-order valence-electron chi connectivity index (χ2n) is 6.22. The number of aliphatic hydroxyl groups is 1. The van der Waals surface area contributed by atoms with Crippen molar-refractivity contribution < 1.29 is 14.6 Å². The third kappa shape index (κ3) is 6.54. The minimum absolute atomic E-state index is 0. The first-order valence-electron chi connectivity index (χ1n) is 8.50. The monoisotopic (exact) mass is 463 g/mol. The SMILES string of the molecule is CCNC(=NCC1(CO)CC1)NCCc1ccc(OC)c(OC)c1.I. The number of aliphatic hydroxyl groups excluding tert-OH is 1. The van der Waals surface area contributed by atoms with Gasteiger partial charge in [-0.05, 0) is 43.9 Å². The van der Waals surface area contributed by atoms with Crippen molar-refractivity contribution >= 4 is 29.9 Å². The minimum atomic E-state index is 0. The Kier molecular flexibility index (Phi) is 9.34. The molecular formula is C18H30IN3O3. The summed E-state index contributed by atoms with van der Waals surface area (Å²) in [6, 6.07) is 5.96. The molecule has 0 amide bonds. The molecule has 7 heteroatoms. The summed E-state index contributed by atoms with van der Waals surface area (Å²) in [7, 11) is 3.28. The maximum atomic E-state index is 9.38. The second kappa shape index (κ2) is 10.7. The first kappa shape index (κ1) is 21.8. The van der Waals surface area contributed by atoms with Crippen molar-refractivity contribution in [1.29, 1.82) is 0 Å². The lowest BCUT2D eigenvalue weighted by Gasteiger charge is -2.14. The molecule has 1 aromatic rings. The lowest BCUT2D eigenvalue weighted by Crippen LogP contribution is -2.38. The van der Waals surface area contributed by atoms with Crippen LogP contribution in [0, 0.1) is 5.41 Å². The number of nitrogens with zero attached hydrogens (tertiary/aromatic N) is 1. The number of aliphatic imine (C=N–C) groups is 1. The highest BCUT2D eigenvalue weighted by Gasteiger charge is 2.41. The third-order valence-electron chi connectivity index (χ3n) is 4.36. The maximum absolute atomic E-state index is 9.38. The van der Waals surface area contributed by atoms with E-state index in [9.17, 15) is 5.11 Å². The van der Waals surface area contributed by atoms with Crippen LogP contribution in [0.4, 0.5) is 0 Å². The maximum Gasteiger partial charge on any atom is 0.191 e. The van der Waals surface area contributed by atoms with Gasteiger partial charge in [-0.3, -0.25) is 4.99 Å². The molecule has 0 aliphatic heterocycles. The number of hydrogen-bond donors (Lipinski definition) is 3. The largest absolute Gasteiger partial charge is 0.493 e. The Hall–Kier alpha value is -1.22. The molecule has 0 aromatic heterocycles. The van der Waals surface area contributed by atoms with Crippen molar-refractivity contribution in [2.75, 3.05) is 40.5 Å². The number of benzene rings is 1. The molecule has 0 radical (unpaired) electrons. The molecule has 3 N–H and O–H groups in total. The Labute approximate surface area is 167 Å². The van der Waals surface area contributed by atoms with Crippen LogP contribution in [0.5, 0.6) is 11.5 Å². The van der Waals surface area contributed by atoms with Gasteiger partial charge < -0.3 is 25.2 Å². The Morgan fingerprint density at radius 1 is 1.20 bits per heavy atom. The highest BCUT2D eigenvalue weighted by atomic mass is 127. The predicted octanol–water partition coefficient (Wildman–Crippen LogP) is 2.19. The number of ether oxygens (including phenoxy) is 2. The Morgan fingerprint density at radius 2 is 1.92 bits per heavy atom. The molecule has 25 heavy (non-hydrogen) atoms. The molecule has 2 rings (SSSR count). The van der Waals surface area contributed by atoms with Gasteiger partial charge in [0.1, 0.15) is 0 Å². The van der Waals surface area contributed by atoms with E-state index < -0.39 is 0 Å². The normalized spacial score (nSPS) is 15.1. The van der Waals surface area contributed by atoms with E-state index in [1.54, 1.807) is 14.2 Å². The molecule has 1 aliphatic rings. The van der Waals surface area contributed by atoms with E-state index in [-0.39, 0.29) is 36.0 Å². The van der Waals surface area contributed by atoms with E-state index in [0.717, 1.165) is 49.8 Å². The highest BCUT2D eigenvalue weighted by molar-refractivity contribution is 14.0. The number of rotatable bonds is 9. The van der Waals surface area contributed by atoms with Gasteiger partial charge in [-0.1, -0.05) is 6.07 Å². The fourth-order valence-electron chi connectivity index (χ4n) is 2.49. The molecule has 1 fully saturated rings. The molecule has 6 nitrogen and oxygen atoms in total. The topological polar surface area (TPSA) is 75.1 Å². The zero-order chi connectivity index (χ0) is 17.4. The van der Waals surface area contributed by atoms with E-state index in [0.29, 0.717) is 6.54 Å². The van der Waals surface area contributed by atoms with Gasteiger partial charge in [0.2, 0.25) is 0 Å². The van der Waals surface area contributed by atoms with E-state index in [4.69, 9.17) is 9.47 Å². The molecule has 1 saturated carbocycles. The highest BCUT2D eigenvalue weighted by Crippen LogP contribution is 2.45. The molecule has 0 bridgehead atoms. The number of hydrogen-bond acceptors (Lipinski definition) is 4. The van der Waals surface area contributed by atoms with Crippen LogP contribution in [0.15, 0.2) is 23.2 Å². The molecule has 0 unspecified atom stereocenters. The van der Waals surface area contributed by atoms with E-state index in [1.165, 1.54) is 5.56 Å². The summed E-state index contributed by atoms with van der Waals surface area (Å²) in [4.78, 5) is 4.60. The standard InChI is InChI=1S/C18H29N3O3.HI/c1-4-19-17(21-12-18(13-22)8-9-18)20-10-7-14-5-6-15(23-2)16(11-14)24-3;/h5-6,11,22H,4,7-10,12-13H2,1-3H3,(H2,19,20,21);1H. The van der Waals surface area contributed by atoms with Crippen LogP contribution in [0.1, 0.15) is 25.3 Å². The van der Waals surface area contributed by atoms with Crippen molar-refractivity contribution in [2.24, 2.45) is 10.4 Å². The van der Waals surface area contributed by atoms with Crippen LogP contribution in [-0.4, -0.2) is 51.5 Å². The summed E-state index contributed by atoms with van der Waals surface area (Å²) in [5, 5.41) is 16.0. The minimum Gasteiger partial charge on any atom is -0.493 e. The predicted molar refractivity (Wildman–Crippen MR) is 111 cm³/mol. The molecule has 0 saturated heterocycles. The molecule has 0 spiro atoms. The van der Waals surface area contributed by atoms with Gasteiger partial charge in [0.05, 0.1) is 27.4 Å². The summed E-state index contributed by atoms with van der Waals surface area (Å²) in [5.41, 5.74) is 1.20. The number of halogens is 1. The average Bonchev–Trinajstić information content (AvgIpc) is 3.40. The summed E-state index contributed by atoms with van der Waals surface area (Å²) in [6.07, 6.45) is 2.99. The van der Waals surface area contributed by atoms with Crippen molar-refractivity contribution in [2.45, 2.75) is 26.2 Å². The quantitative estimate of drug-likeness (QED) is 0.298. The zero-order valence-electron chi connectivity index (χ0n) is 15.3. The third-order valence-corrected chi connectivity index (χ3v) is 4.36. The van der Waals surface area contributed by atoms with Crippen molar-refractivity contribution in [3.8, 4) is 11.5 Å². The van der Waals surface area contributed by atoms with Crippen LogP contribution in [-0.2, 0) is 6.42 Å². The van der Waals surface area contributed by atoms with Gasteiger partial charge in [-0.2, -0.15) is 0 Å². The van der Waals surface area contributed by atoms with Gasteiger partial charge in [-0.25, -0.2) is 0 Å². The van der Waals surface area contributed by atoms with Gasteiger partial charge in [0.15, 0.2) is 17.5 Å². The Bertz CT molecular complexity index is 562. The van der Waals surface area contributed by atoms with Crippen molar-refractivity contribution in [3.63, 3.8) is 0 Å². The fraction of sp³-hybridized carbons (Fsp3) is 0.611. The smallest absolute Gasteiger partial charge is 0.191 e. The lowest BCUT2D eigenvalue weighted by atomic mass is 10.1. The molecule has 0 atom stereocenters. The second-order valence-corrected chi connectivity index (χ2v) is 6.22. The van der Waals surface area contributed by atoms with Gasteiger partial charge in [0, 0.05) is 18.5 Å². The van der Waals surface area contributed by atoms with Gasteiger partial charge in [-0.15, -0.1) is 24.0 Å². The van der Waals surface area contributed by atoms with Gasteiger partial charge in [0.25, 0.3) is 0 Å². The summed E-state index contributed by atoms with van der Waals surface area (Å²) in [6.45, 7) is 4.53. The average molecular weight is 463 g/mol. The summed E-state index contributed by atoms with van der Waals surface area (Å²) in [5.74, 6) is 2.29. The van der Waals surface area contributed by atoms with Crippen molar-refractivity contribution in [1.82, 2.24) is 10.6 Å². The Morgan fingerprint density at radius 3 is 2.48 bits per heavy atom. The van der Waals surface area contributed by atoms with Crippen LogP contribution in [0.25, 0.3) is 0 Å². The Balaban J connectivity index is 0.00000312.